The molecule has 0 saturated carbocycles. The maximum atomic E-state index is 11.8. The van der Waals surface area contributed by atoms with Gasteiger partial charge in [-0.05, 0) is 50.8 Å². The summed E-state index contributed by atoms with van der Waals surface area (Å²) in [6.07, 6.45) is 2.34. The molecule has 6 heteroatoms. The number of nitrogens with two attached hydrogens (primary N) is 2. The Morgan fingerprint density at radius 2 is 1.79 bits per heavy atom. The quantitative estimate of drug-likeness (QED) is 0.296. The minimum Gasteiger partial charge on any atom is -0.494 e. The Morgan fingerprint density at radius 3 is 2.38 bits per heavy atom. The fourth-order valence-corrected chi connectivity index (χ4v) is 2.12. The van der Waals surface area contributed by atoms with Gasteiger partial charge in [-0.1, -0.05) is 19.1 Å². The van der Waals surface area contributed by atoms with Gasteiger partial charge in [-0.3, -0.25) is 9.79 Å². The molecule has 134 valence electrons. The largest absolute Gasteiger partial charge is 0.494 e. The first-order chi connectivity index (χ1) is 11.4. The van der Waals surface area contributed by atoms with E-state index in [4.69, 9.17) is 20.9 Å². The van der Waals surface area contributed by atoms with Crippen molar-refractivity contribution in [2.24, 2.45) is 22.4 Å². The molecule has 0 aliphatic heterocycles. The van der Waals surface area contributed by atoms with Crippen LogP contribution in [0.2, 0.25) is 0 Å². The van der Waals surface area contributed by atoms with Crippen LogP contribution >= 0.6 is 0 Å². The number of esters is 1. The lowest BCUT2D eigenvalue weighted by Gasteiger charge is -2.14. The fraction of sp³-hybridized carbons (Fsp3) is 0.556. The van der Waals surface area contributed by atoms with E-state index in [-0.39, 0.29) is 24.0 Å². The second kappa shape index (κ2) is 10.5. The molecule has 1 aromatic rings. The molecule has 4 N–H and O–H groups in total. The Bertz CT molecular complexity index is 523. The summed E-state index contributed by atoms with van der Waals surface area (Å²) in [6.45, 7) is 6.83. The van der Waals surface area contributed by atoms with E-state index in [9.17, 15) is 4.79 Å². The maximum absolute atomic E-state index is 11.8. The number of hydrogen-bond donors (Lipinski definition) is 2. The van der Waals surface area contributed by atoms with Crippen LogP contribution < -0.4 is 16.2 Å². The van der Waals surface area contributed by atoms with Gasteiger partial charge in [0.05, 0.1) is 18.6 Å². The van der Waals surface area contributed by atoms with E-state index in [2.05, 4.69) is 4.99 Å². The topological polar surface area (TPSA) is 99.9 Å². The molecule has 0 spiro atoms. The Kier molecular flexibility index (Phi) is 8.68. The van der Waals surface area contributed by atoms with E-state index in [0.717, 1.165) is 24.2 Å². The van der Waals surface area contributed by atoms with Crippen LogP contribution in [0.1, 0.15) is 39.2 Å². The third-order valence-corrected chi connectivity index (χ3v) is 3.34. The molecule has 0 heterocycles. The van der Waals surface area contributed by atoms with Gasteiger partial charge in [0.2, 0.25) is 0 Å². The molecule has 0 unspecified atom stereocenters. The number of carbonyl (C=O) groups excluding carboxylic acids is 1. The van der Waals surface area contributed by atoms with E-state index in [1.807, 2.05) is 45.0 Å². The number of benzene rings is 1. The number of guanidine groups is 1. The molecule has 0 bridgehead atoms. The summed E-state index contributed by atoms with van der Waals surface area (Å²) >= 11 is 0. The fourth-order valence-electron chi connectivity index (χ4n) is 2.12. The van der Waals surface area contributed by atoms with Gasteiger partial charge in [0.15, 0.2) is 5.96 Å². The van der Waals surface area contributed by atoms with Gasteiger partial charge in [0.25, 0.3) is 0 Å². The van der Waals surface area contributed by atoms with Crippen LogP contribution in [0.15, 0.2) is 29.3 Å². The predicted octanol–water partition coefficient (Wildman–Crippen LogP) is 2.25. The third-order valence-electron chi connectivity index (χ3n) is 3.34. The standard InChI is InChI=1S/C18H29N3O3/c1-13(2)24-17(22)14(3)12-15-6-8-16(9-7-15)23-11-5-4-10-21-18(19)20/h6-9,13-14H,4-5,10-12H2,1-3H3,(H4,19,20,21)/t14-/m0/s1. The molecule has 0 aliphatic carbocycles. The van der Waals surface area contributed by atoms with Crippen LogP contribution in [0.5, 0.6) is 5.75 Å². The van der Waals surface area contributed by atoms with Gasteiger partial charge in [0, 0.05) is 6.54 Å². The van der Waals surface area contributed by atoms with Gasteiger partial charge in [0.1, 0.15) is 5.75 Å². The van der Waals surface area contributed by atoms with Crippen LogP contribution in [-0.2, 0) is 16.0 Å². The summed E-state index contributed by atoms with van der Waals surface area (Å²) in [5.41, 5.74) is 11.6. The summed E-state index contributed by atoms with van der Waals surface area (Å²) < 4.78 is 10.9. The summed E-state index contributed by atoms with van der Waals surface area (Å²) in [7, 11) is 0. The molecule has 0 fully saturated rings. The SMILES string of the molecule is CC(C)OC(=O)[C@@H](C)Cc1ccc(OCCCCN=C(N)N)cc1. The lowest BCUT2D eigenvalue weighted by Crippen LogP contribution is -2.23. The van der Waals surface area contributed by atoms with E-state index < -0.39 is 0 Å². The van der Waals surface area contributed by atoms with Crippen LogP contribution in [0, 0.1) is 5.92 Å². The summed E-state index contributed by atoms with van der Waals surface area (Å²) in [5, 5.41) is 0. The van der Waals surface area contributed by atoms with Crippen molar-refractivity contribution in [2.75, 3.05) is 13.2 Å². The lowest BCUT2D eigenvalue weighted by molar-refractivity contribution is -0.151. The molecule has 0 radical (unpaired) electrons. The van der Waals surface area contributed by atoms with Crippen molar-refractivity contribution in [3.63, 3.8) is 0 Å². The van der Waals surface area contributed by atoms with Crippen LogP contribution in [-0.4, -0.2) is 31.2 Å². The first-order valence-electron chi connectivity index (χ1n) is 8.36. The summed E-state index contributed by atoms with van der Waals surface area (Å²) in [6, 6.07) is 7.81. The van der Waals surface area contributed by atoms with Gasteiger partial charge >= 0.3 is 5.97 Å². The smallest absolute Gasteiger partial charge is 0.309 e. The zero-order valence-electron chi connectivity index (χ0n) is 14.8. The second-order valence-corrected chi connectivity index (χ2v) is 6.10. The number of ether oxygens (including phenoxy) is 2. The second-order valence-electron chi connectivity index (χ2n) is 6.10. The Morgan fingerprint density at radius 1 is 1.12 bits per heavy atom. The highest BCUT2D eigenvalue weighted by Crippen LogP contribution is 2.16. The van der Waals surface area contributed by atoms with E-state index in [0.29, 0.717) is 19.6 Å². The number of carbonyl (C=O) groups is 1. The first-order valence-corrected chi connectivity index (χ1v) is 8.36. The van der Waals surface area contributed by atoms with Gasteiger partial charge in [-0.2, -0.15) is 0 Å². The average molecular weight is 335 g/mol. The molecule has 0 amide bonds. The van der Waals surface area contributed by atoms with Crippen molar-refractivity contribution in [3.8, 4) is 5.75 Å². The van der Waals surface area contributed by atoms with Crippen LogP contribution in [0.25, 0.3) is 0 Å². The molecule has 1 atom stereocenters. The Labute approximate surface area is 144 Å². The number of nitrogens with zero attached hydrogens (tertiary/aromatic N) is 1. The normalized spacial score (nSPS) is 11.8. The van der Waals surface area contributed by atoms with Crippen molar-refractivity contribution in [2.45, 2.75) is 46.1 Å². The van der Waals surface area contributed by atoms with Crippen molar-refractivity contribution in [3.05, 3.63) is 29.8 Å². The Balaban J connectivity index is 2.32. The first kappa shape index (κ1) is 19.8. The van der Waals surface area contributed by atoms with E-state index in [1.54, 1.807) is 0 Å². The van der Waals surface area contributed by atoms with Crippen LogP contribution in [0.3, 0.4) is 0 Å². The minimum atomic E-state index is -0.161. The molecule has 0 aliphatic rings. The number of aliphatic imine (C=N–C) groups is 1. The van der Waals surface area contributed by atoms with Crippen molar-refractivity contribution in [1.29, 1.82) is 0 Å². The van der Waals surface area contributed by atoms with Crippen molar-refractivity contribution in [1.82, 2.24) is 0 Å². The molecular formula is C18H29N3O3. The van der Waals surface area contributed by atoms with Crippen LogP contribution in [0.4, 0.5) is 0 Å². The number of rotatable bonds is 10. The van der Waals surface area contributed by atoms with Gasteiger partial charge < -0.3 is 20.9 Å². The average Bonchev–Trinajstić information content (AvgIpc) is 2.51. The highest BCUT2D eigenvalue weighted by molar-refractivity contribution is 5.75. The molecule has 24 heavy (non-hydrogen) atoms. The zero-order valence-corrected chi connectivity index (χ0v) is 14.8. The van der Waals surface area contributed by atoms with E-state index in [1.165, 1.54) is 0 Å². The van der Waals surface area contributed by atoms with Gasteiger partial charge in [-0.15, -0.1) is 0 Å². The molecule has 6 nitrogen and oxygen atoms in total. The zero-order chi connectivity index (χ0) is 17.9. The Hall–Kier alpha value is -2.24. The highest BCUT2D eigenvalue weighted by Gasteiger charge is 2.16. The molecule has 0 saturated heterocycles. The summed E-state index contributed by atoms with van der Waals surface area (Å²) in [4.78, 5) is 15.7. The molecule has 1 rings (SSSR count). The predicted molar refractivity (Wildman–Crippen MR) is 95.9 cm³/mol. The summed E-state index contributed by atoms with van der Waals surface area (Å²) in [5.74, 6) is 0.622. The molecule has 1 aromatic carbocycles. The van der Waals surface area contributed by atoms with Crippen molar-refractivity contribution < 1.29 is 14.3 Å². The highest BCUT2D eigenvalue weighted by atomic mass is 16.5. The van der Waals surface area contributed by atoms with Crippen molar-refractivity contribution >= 4 is 11.9 Å². The molecular weight excluding hydrogens is 306 g/mol. The number of hydrogen-bond acceptors (Lipinski definition) is 4. The van der Waals surface area contributed by atoms with Gasteiger partial charge in [-0.25, -0.2) is 0 Å². The monoisotopic (exact) mass is 335 g/mol. The van der Waals surface area contributed by atoms with E-state index >= 15 is 0 Å². The lowest BCUT2D eigenvalue weighted by atomic mass is 10.0. The minimum absolute atomic E-state index is 0.0808. The maximum Gasteiger partial charge on any atom is 0.309 e. The third kappa shape index (κ3) is 8.41. The number of unbranched alkanes of at least 4 members (excludes halogenated alkanes) is 1. The molecule has 0 aromatic heterocycles.